The normalized spacial score (nSPS) is 10.9. The maximum atomic E-state index is 5.82. The number of nitrogens with zero attached hydrogens (tertiary/aromatic N) is 2. The van der Waals surface area contributed by atoms with Gasteiger partial charge in [0.1, 0.15) is 11.4 Å². The van der Waals surface area contributed by atoms with Crippen molar-refractivity contribution in [2.24, 2.45) is 10.7 Å². The van der Waals surface area contributed by atoms with Gasteiger partial charge in [-0.3, -0.25) is 0 Å². The van der Waals surface area contributed by atoms with E-state index in [-0.39, 0.29) is 0 Å². The number of rotatable bonds is 12. The molecule has 0 radical (unpaired) electrons. The molecule has 0 amide bonds. The Balaban J connectivity index is 0.00000218. The summed E-state index contributed by atoms with van der Waals surface area (Å²) in [5, 5.41) is 6.47. The number of amidine groups is 1. The molecule has 2 rings (SSSR count). The van der Waals surface area contributed by atoms with Gasteiger partial charge in [-0.15, -0.1) is 11.3 Å². The van der Waals surface area contributed by atoms with Gasteiger partial charge in [0.2, 0.25) is 0 Å². The van der Waals surface area contributed by atoms with Crippen LogP contribution in [0.2, 0.25) is 0 Å². The molecule has 0 unspecified atom stereocenters. The summed E-state index contributed by atoms with van der Waals surface area (Å²) in [5.74, 6) is 0.897. The maximum absolute atomic E-state index is 5.82. The van der Waals surface area contributed by atoms with Crippen LogP contribution in [-0.4, -0.2) is 23.0 Å². The predicted molar refractivity (Wildman–Crippen MR) is 136 cm³/mol. The number of hydrogen-bond donors (Lipinski definition) is 2. The Bertz CT molecular complexity index is 757. The van der Waals surface area contributed by atoms with Crippen LogP contribution in [-0.2, 0) is 0 Å². The van der Waals surface area contributed by atoms with E-state index in [1.807, 2.05) is 49.7 Å². The molecule has 0 bridgehead atoms. The van der Waals surface area contributed by atoms with Crippen LogP contribution in [0.15, 0.2) is 41.2 Å². The number of hydrogen-bond acceptors (Lipinski definition) is 6. The van der Waals surface area contributed by atoms with E-state index in [2.05, 4.69) is 28.8 Å². The molecule has 1 aromatic carbocycles. The molecule has 1 heterocycles. The Kier molecular flexibility index (Phi) is 13.7. The molecule has 1 aromatic heterocycles. The first-order valence-electron chi connectivity index (χ1n) is 10.6. The summed E-state index contributed by atoms with van der Waals surface area (Å²) in [4.78, 5) is 8.73. The smallest absolute Gasteiger partial charge is 0.187 e. The van der Waals surface area contributed by atoms with E-state index in [0.29, 0.717) is 10.9 Å². The minimum absolute atomic E-state index is 0.476. The highest BCUT2D eigenvalue weighted by Gasteiger charge is 2.06. The average molecular weight is 449 g/mol. The Hall–Kier alpha value is -1.99. The Morgan fingerprint density at radius 2 is 1.83 bits per heavy atom. The summed E-state index contributed by atoms with van der Waals surface area (Å²) in [5.41, 5.74) is 7.98. The van der Waals surface area contributed by atoms with Gasteiger partial charge < -0.3 is 15.8 Å². The van der Waals surface area contributed by atoms with Crippen LogP contribution in [0.25, 0.3) is 5.70 Å². The van der Waals surface area contributed by atoms with Gasteiger partial charge in [-0.05, 0) is 36.9 Å². The van der Waals surface area contributed by atoms with Gasteiger partial charge in [0, 0.05) is 11.1 Å². The largest absolute Gasteiger partial charge is 0.494 e. The third-order valence-electron chi connectivity index (χ3n) is 4.13. The third kappa shape index (κ3) is 10.2. The zero-order valence-electron chi connectivity index (χ0n) is 18.7. The fourth-order valence-corrected chi connectivity index (χ4v) is 3.47. The molecule has 3 N–H and O–H groups in total. The Morgan fingerprint density at radius 3 is 2.50 bits per heavy atom. The van der Waals surface area contributed by atoms with Crippen molar-refractivity contribution < 1.29 is 4.74 Å². The summed E-state index contributed by atoms with van der Waals surface area (Å²) >= 11 is 2.89. The number of anilines is 2. The van der Waals surface area contributed by atoms with Gasteiger partial charge in [0.05, 0.1) is 12.3 Å². The lowest BCUT2D eigenvalue weighted by molar-refractivity contribution is 0.304. The minimum atomic E-state index is 0.476. The Labute approximate surface area is 190 Å². The second-order valence-corrected chi connectivity index (χ2v) is 8.09. The summed E-state index contributed by atoms with van der Waals surface area (Å²) in [6.07, 6.45) is 9.49. The van der Waals surface area contributed by atoms with Crippen LogP contribution >= 0.6 is 23.1 Å². The molecule has 30 heavy (non-hydrogen) atoms. The number of aliphatic imine (C=N–C) groups is 1. The first-order valence-corrected chi connectivity index (χ1v) is 12.8. The summed E-state index contributed by atoms with van der Waals surface area (Å²) < 4.78 is 5.82. The van der Waals surface area contributed by atoms with Crippen LogP contribution in [0.4, 0.5) is 10.8 Å². The number of unbranched alkanes of at least 4 members (excludes halogenated alkanes) is 5. The number of thiazole rings is 1. The fourth-order valence-electron chi connectivity index (χ4n) is 2.53. The highest BCUT2D eigenvalue weighted by molar-refractivity contribution is 8.13. The van der Waals surface area contributed by atoms with Crippen molar-refractivity contribution in [1.82, 2.24) is 4.98 Å². The van der Waals surface area contributed by atoms with Gasteiger partial charge in [0.15, 0.2) is 10.3 Å². The maximum Gasteiger partial charge on any atom is 0.187 e. The van der Waals surface area contributed by atoms with E-state index >= 15 is 0 Å². The van der Waals surface area contributed by atoms with Crippen molar-refractivity contribution in [3.63, 3.8) is 0 Å². The first kappa shape index (κ1) is 26.0. The van der Waals surface area contributed by atoms with E-state index in [0.717, 1.165) is 35.3 Å². The van der Waals surface area contributed by atoms with Crippen molar-refractivity contribution in [2.45, 2.75) is 59.3 Å². The van der Waals surface area contributed by atoms with Crippen molar-refractivity contribution in [2.75, 3.05) is 18.2 Å². The average Bonchev–Trinajstić information content (AvgIpc) is 3.24. The summed E-state index contributed by atoms with van der Waals surface area (Å²) in [7, 11) is 0. The van der Waals surface area contributed by atoms with Crippen LogP contribution in [0.3, 0.4) is 0 Å². The van der Waals surface area contributed by atoms with Gasteiger partial charge in [0.25, 0.3) is 0 Å². The van der Waals surface area contributed by atoms with E-state index in [1.165, 1.54) is 55.2 Å². The van der Waals surface area contributed by atoms with Gasteiger partial charge in [-0.25, -0.2) is 9.98 Å². The molecular weight excluding hydrogens is 412 g/mol. The molecule has 0 saturated carbocycles. The zero-order chi connectivity index (χ0) is 22.2. The molecule has 0 spiro atoms. The number of aromatic nitrogens is 1. The lowest BCUT2D eigenvalue weighted by Gasteiger charge is -2.08. The SMILES string of the molecule is C=C(N=C(N)SC)c1csc(Nc2ccc(OCCCCCCCC)cc2)n1.CC. The lowest BCUT2D eigenvalue weighted by Crippen LogP contribution is -2.05. The number of ether oxygens (including phenoxy) is 1. The number of nitrogens with one attached hydrogen (secondary N) is 1. The Morgan fingerprint density at radius 1 is 1.17 bits per heavy atom. The number of thioether (sulfide) groups is 1. The minimum Gasteiger partial charge on any atom is -0.494 e. The van der Waals surface area contributed by atoms with E-state index in [4.69, 9.17) is 10.5 Å². The molecule has 0 saturated heterocycles. The molecule has 0 aliphatic carbocycles. The zero-order valence-corrected chi connectivity index (χ0v) is 20.4. The monoisotopic (exact) mass is 448 g/mol. The van der Waals surface area contributed by atoms with E-state index in [1.54, 1.807) is 0 Å². The van der Waals surface area contributed by atoms with Crippen LogP contribution in [0.1, 0.15) is 65.0 Å². The number of benzene rings is 1. The second kappa shape index (κ2) is 15.8. The predicted octanol–water partition coefficient (Wildman–Crippen LogP) is 7.30. The third-order valence-corrected chi connectivity index (χ3v) is 5.39. The van der Waals surface area contributed by atoms with E-state index < -0.39 is 0 Å². The number of nitrogens with two attached hydrogens (primary N) is 1. The van der Waals surface area contributed by atoms with Crippen molar-refractivity contribution >= 4 is 44.8 Å². The van der Waals surface area contributed by atoms with Gasteiger partial charge in [-0.1, -0.05) is 71.2 Å². The van der Waals surface area contributed by atoms with Crippen molar-refractivity contribution in [1.29, 1.82) is 0 Å². The van der Waals surface area contributed by atoms with Crippen LogP contribution < -0.4 is 15.8 Å². The van der Waals surface area contributed by atoms with Crippen LogP contribution in [0, 0.1) is 0 Å². The topological polar surface area (TPSA) is 72.5 Å². The summed E-state index contributed by atoms with van der Waals surface area (Å²) in [6, 6.07) is 7.96. The van der Waals surface area contributed by atoms with E-state index in [9.17, 15) is 0 Å². The quantitative estimate of drug-likeness (QED) is 0.202. The molecule has 5 nitrogen and oxygen atoms in total. The molecule has 0 atom stereocenters. The van der Waals surface area contributed by atoms with Gasteiger partial charge in [-0.2, -0.15) is 0 Å². The molecule has 166 valence electrons. The van der Waals surface area contributed by atoms with Crippen molar-refractivity contribution in [3.8, 4) is 5.75 Å². The van der Waals surface area contributed by atoms with Crippen molar-refractivity contribution in [3.05, 3.63) is 41.9 Å². The molecule has 2 aromatic rings. The van der Waals surface area contributed by atoms with Gasteiger partial charge >= 0.3 is 0 Å². The standard InChI is InChI=1S/C21H30N4OS2.C2H6/c1-4-5-6-7-8-9-14-26-18-12-10-17(11-13-18)24-21-25-19(15-28-21)16(2)23-20(22)27-3;1-2/h10-13,15H,2,4-9,14H2,1,3H3,(H2,22,23)(H,24,25);1-2H3. The molecule has 0 aliphatic rings. The lowest BCUT2D eigenvalue weighted by atomic mass is 10.1. The second-order valence-electron chi connectivity index (χ2n) is 6.40. The fraction of sp³-hybridized carbons (Fsp3) is 0.478. The highest BCUT2D eigenvalue weighted by Crippen LogP contribution is 2.26. The highest BCUT2D eigenvalue weighted by atomic mass is 32.2. The molecule has 0 aliphatic heterocycles. The molecular formula is C23H36N4OS2. The molecule has 0 fully saturated rings. The summed E-state index contributed by atoms with van der Waals surface area (Å²) in [6.45, 7) is 10.9. The first-order chi connectivity index (χ1) is 14.6. The molecule has 7 heteroatoms. The van der Waals surface area contributed by atoms with Crippen LogP contribution in [0.5, 0.6) is 5.75 Å².